The van der Waals surface area contributed by atoms with Crippen LogP contribution in [0.2, 0.25) is 0 Å². The number of benzene rings is 2. The normalized spacial score (nSPS) is 11.0. The summed E-state index contributed by atoms with van der Waals surface area (Å²) in [5.41, 5.74) is 5.02. The van der Waals surface area contributed by atoms with Crippen molar-refractivity contribution in [1.82, 2.24) is 9.55 Å². The van der Waals surface area contributed by atoms with Gasteiger partial charge in [0.15, 0.2) is 0 Å². The second-order valence-electron chi connectivity index (χ2n) is 5.65. The molecule has 0 atom stereocenters. The Labute approximate surface area is 126 Å². The van der Waals surface area contributed by atoms with E-state index >= 15 is 0 Å². The zero-order valence-corrected chi connectivity index (χ0v) is 12.7. The zero-order chi connectivity index (χ0) is 14.8. The van der Waals surface area contributed by atoms with E-state index in [4.69, 9.17) is 0 Å². The number of hydrogen-bond acceptors (Lipinski definition) is 1. The zero-order valence-electron chi connectivity index (χ0n) is 12.7. The molecule has 3 rings (SSSR count). The second kappa shape index (κ2) is 5.57. The molecule has 0 aliphatic carbocycles. The van der Waals surface area contributed by atoms with Gasteiger partial charge in [-0.2, -0.15) is 0 Å². The third-order valence-corrected chi connectivity index (χ3v) is 3.80. The highest BCUT2D eigenvalue weighted by Gasteiger charge is 2.14. The van der Waals surface area contributed by atoms with Crippen LogP contribution in [-0.4, -0.2) is 9.55 Å². The van der Waals surface area contributed by atoms with Crippen LogP contribution in [0.1, 0.15) is 30.9 Å². The lowest BCUT2D eigenvalue weighted by atomic mass is 9.98. The lowest BCUT2D eigenvalue weighted by molar-refractivity contribution is 0.844. The second-order valence-corrected chi connectivity index (χ2v) is 5.65. The van der Waals surface area contributed by atoms with Gasteiger partial charge in [0.1, 0.15) is 5.82 Å². The Morgan fingerprint density at radius 2 is 1.71 bits per heavy atom. The Bertz CT molecular complexity index is 739. The van der Waals surface area contributed by atoms with Crippen molar-refractivity contribution >= 4 is 0 Å². The largest absolute Gasteiger partial charge is 0.299 e. The van der Waals surface area contributed by atoms with Crippen molar-refractivity contribution in [3.8, 4) is 17.1 Å². The molecule has 0 saturated carbocycles. The van der Waals surface area contributed by atoms with Gasteiger partial charge in [-0.3, -0.25) is 4.57 Å². The van der Waals surface area contributed by atoms with E-state index in [1.165, 1.54) is 16.8 Å². The Morgan fingerprint density at radius 1 is 0.952 bits per heavy atom. The number of aromatic nitrogens is 2. The van der Waals surface area contributed by atoms with Gasteiger partial charge in [-0.15, -0.1) is 0 Å². The number of imidazole rings is 1. The molecule has 0 saturated heterocycles. The van der Waals surface area contributed by atoms with Crippen LogP contribution in [0.15, 0.2) is 60.9 Å². The first kappa shape index (κ1) is 13.6. The minimum atomic E-state index is 0.478. The molecule has 0 radical (unpaired) electrons. The highest BCUT2D eigenvalue weighted by molar-refractivity contribution is 5.61. The summed E-state index contributed by atoms with van der Waals surface area (Å²) in [6.07, 6.45) is 3.93. The topological polar surface area (TPSA) is 17.8 Å². The SMILES string of the molecule is Cc1cccc(C(C)C)c1-n1ccnc1-c1ccccc1. The average molecular weight is 276 g/mol. The number of nitrogens with zero attached hydrogens (tertiary/aromatic N) is 2. The molecule has 0 aliphatic rings. The van der Waals surface area contributed by atoms with Crippen molar-refractivity contribution in [2.24, 2.45) is 0 Å². The number of aryl methyl sites for hydroxylation is 1. The number of rotatable bonds is 3. The summed E-state index contributed by atoms with van der Waals surface area (Å²) in [6.45, 7) is 6.63. The van der Waals surface area contributed by atoms with Crippen LogP contribution in [0.5, 0.6) is 0 Å². The molecule has 0 aliphatic heterocycles. The molecule has 2 heteroatoms. The molecule has 106 valence electrons. The molecular weight excluding hydrogens is 256 g/mol. The average Bonchev–Trinajstić information content (AvgIpc) is 2.96. The lowest BCUT2D eigenvalue weighted by Crippen LogP contribution is -2.04. The van der Waals surface area contributed by atoms with E-state index in [9.17, 15) is 0 Å². The molecule has 0 fully saturated rings. The molecular formula is C19H20N2. The van der Waals surface area contributed by atoms with Gasteiger partial charge in [-0.1, -0.05) is 62.4 Å². The molecule has 21 heavy (non-hydrogen) atoms. The molecule has 1 heterocycles. The van der Waals surface area contributed by atoms with E-state index in [1.807, 2.05) is 12.3 Å². The molecule has 0 spiro atoms. The summed E-state index contributed by atoms with van der Waals surface area (Å²) in [5.74, 6) is 1.47. The molecule has 3 aromatic rings. The standard InChI is InChI=1S/C19H20N2/c1-14(2)17-11-7-8-15(3)18(17)21-13-12-20-19(21)16-9-5-4-6-10-16/h4-14H,1-3H3. The number of hydrogen-bond donors (Lipinski definition) is 0. The maximum absolute atomic E-state index is 4.57. The Kier molecular flexibility index (Phi) is 3.61. The van der Waals surface area contributed by atoms with Crippen LogP contribution >= 0.6 is 0 Å². The smallest absolute Gasteiger partial charge is 0.144 e. The molecule has 0 N–H and O–H groups in total. The van der Waals surface area contributed by atoms with Crippen molar-refractivity contribution in [1.29, 1.82) is 0 Å². The van der Waals surface area contributed by atoms with Crippen molar-refractivity contribution in [3.63, 3.8) is 0 Å². The number of para-hydroxylation sites is 1. The molecule has 2 nitrogen and oxygen atoms in total. The first-order chi connectivity index (χ1) is 10.2. The summed E-state index contributed by atoms with van der Waals surface area (Å²) in [5, 5.41) is 0. The molecule has 1 aromatic heterocycles. The monoisotopic (exact) mass is 276 g/mol. The van der Waals surface area contributed by atoms with Crippen molar-refractivity contribution < 1.29 is 0 Å². The summed E-state index contributed by atoms with van der Waals surface area (Å²) < 4.78 is 2.21. The fourth-order valence-electron chi connectivity index (χ4n) is 2.76. The van der Waals surface area contributed by atoms with E-state index in [1.54, 1.807) is 0 Å². The predicted molar refractivity (Wildman–Crippen MR) is 87.8 cm³/mol. The van der Waals surface area contributed by atoms with Crippen molar-refractivity contribution in [3.05, 3.63) is 72.1 Å². The predicted octanol–water partition coefficient (Wildman–Crippen LogP) is 4.97. The van der Waals surface area contributed by atoms with Crippen LogP contribution in [0.3, 0.4) is 0 Å². The van der Waals surface area contributed by atoms with Crippen molar-refractivity contribution in [2.75, 3.05) is 0 Å². The van der Waals surface area contributed by atoms with Crippen LogP contribution in [0.4, 0.5) is 0 Å². The van der Waals surface area contributed by atoms with Gasteiger partial charge < -0.3 is 0 Å². The summed E-state index contributed by atoms with van der Waals surface area (Å²) in [4.78, 5) is 4.57. The van der Waals surface area contributed by atoms with E-state index in [-0.39, 0.29) is 0 Å². The van der Waals surface area contributed by atoms with Crippen LogP contribution in [0.25, 0.3) is 17.1 Å². The van der Waals surface area contributed by atoms with Crippen LogP contribution in [-0.2, 0) is 0 Å². The molecule has 0 bridgehead atoms. The minimum Gasteiger partial charge on any atom is -0.299 e. The van der Waals surface area contributed by atoms with Gasteiger partial charge in [0, 0.05) is 18.0 Å². The van der Waals surface area contributed by atoms with Gasteiger partial charge in [-0.05, 0) is 24.0 Å². The lowest BCUT2D eigenvalue weighted by Gasteiger charge is -2.18. The van der Waals surface area contributed by atoms with Gasteiger partial charge in [0.05, 0.1) is 5.69 Å². The fraction of sp³-hybridized carbons (Fsp3) is 0.211. The first-order valence-electron chi connectivity index (χ1n) is 7.37. The van der Waals surface area contributed by atoms with E-state index in [0.29, 0.717) is 5.92 Å². The van der Waals surface area contributed by atoms with E-state index in [0.717, 1.165) is 11.4 Å². The van der Waals surface area contributed by atoms with Gasteiger partial charge in [0.25, 0.3) is 0 Å². The maximum Gasteiger partial charge on any atom is 0.144 e. The summed E-state index contributed by atoms with van der Waals surface area (Å²) >= 11 is 0. The van der Waals surface area contributed by atoms with E-state index in [2.05, 4.69) is 79.0 Å². The molecule has 2 aromatic carbocycles. The van der Waals surface area contributed by atoms with E-state index < -0.39 is 0 Å². The van der Waals surface area contributed by atoms with Gasteiger partial charge in [0.2, 0.25) is 0 Å². The quantitative estimate of drug-likeness (QED) is 0.660. The molecule has 0 amide bonds. The third-order valence-electron chi connectivity index (χ3n) is 3.80. The summed E-state index contributed by atoms with van der Waals surface area (Å²) in [7, 11) is 0. The Hall–Kier alpha value is -2.35. The first-order valence-corrected chi connectivity index (χ1v) is 7.37. The highest BCUT2D eigenvalue weighted by Crippen LogP contribution is 2.29. The third kappa shape index (κ3) is 2.49. The summed E-state index contributed by atoms with van der Waals surface area (Å²) in [6, 6.07) is 16.8. The van der Waals surface area contributed by atoms with Gasteiger partial charge >= 0.3 is 0 Å². The minimum absolute atomic E-state index is 0.478. The van der Waals surface area contributed by atoms with Gasteiger partial charge in [-0.25, -0.2) is 4.98 Å². The highest BCUT2D eigenvalue weighted by atomic mass is 15.1. The Balaban J connectivity index is 2.22. The molecule has 0 unspecified atom stereocenters. The van der Waals surface area contributed by atoms with Crippen LogP contribution in [0, 0.1) is 6.92 Å². The Morgan fingerprint density at radius 3 is 2.43 bits per heavy atom. The van der Waals surface area contributed by atoms with Crippen LogP contribution < -0.4 is 0 Å². The fourth-order valence-corrected chi connectivity index (χ4v) is 2.76. The maximum atomic E-state index is 4.57. The van der Waals surface area contributed by atoms with Crippen molar-refractivity contribution in [2.45, 2.75) is 26.7 Å².